The van der Waals surface area contributed by atoms with Crippen LogP contribution in [-0.2, 0) is 18.6 Å². The van der Waals surface area contributed by atoms with Crippen LogP contribution in [0.4, 0.5) is 0 Å². The van der Waals surface area contributed by atoms with Crippen LogP contribution in [0.15, 0.2) is 36.5 Å². The molecular formula is C10H10Br2V. The van der Waals surface area contributed by atoms with E-state index < -0.39 is 0 Å². The van der Waals surface area contributed by atoms with E-state index in [4.69, 9.17) is 0 Å². The fourth-order valence-corrected chi connectivity index (χ4v) is 0.680. The van der Waals surface area contributed by atoms with Gasteiger partial charge in [0.15, 0.2) is 0 Å². The summed E-state index contributed by atoms with van der Waals surface area (Å²) in [6.07, 6.45) is 20.0. The van der Waals surface area contributed by atoms with Gasteiger partial charge >= 0.3 is 18.6 Å². The van der Waals surface area contributed by atoms with Gasteiger partial charge in [0.05, 0.1) is 0 Å². The largest absolute Gasteiger partial charge is 4.00 e. The fourth-order valence-electron chi connectivity index (χ4n) is 0.680. The molecule has 0 aromatic carbocycles. The molecule has 0 saturated heterocycles. The second kappa shape index (κ2) is 15.0. The molecule has 0 aliphatic heterocycles. The van der Waals surface area contributed by atoms with E-state index in [1.54, 1.807) is 0 Å². The van der Waals surface area contributed by atoms with E-state index in [1.807, 2.05) is 24.3 Å². The van der Waals surface area contributed by atoms with Crippen molar-refractivity contribution in [2.45, 2.75) is 12.8 Å². The first-order chi connectivity index (χ1) is 5.00. The number of rotatable bonds is 0. The Bertz CT molecular complexity index is 151. The Hall–Kier alpha value is 0.504. The molecule has 0 bridgehead atoms. The summed E-state index contributed by atoms with van der Waals surface area (Å²) in [4.78, 5) is 0. The van der Waals surface area contributed by atoms with Gasteiger partial charge in [0.2, 0.25) is 0 Å². The van der Waals surface area contributed by atoms with Gasteiger partial charge in [0.25, 0.3) is 0 Å². The third-order valence-electron chi connectivity index (χ3n) is 1.17. The molecule has 2 aliphatic carbocycles. The molecule has 2 rings (SSSR count). The van der Waals surface area contributed by atoms with Crippen molar-refractivity contribution in [1.29, 1.82) is 0 Å². The number of allylic oxidation sites excluding steroid dienone is 8. The molecule has 0 N–H and O–H groups in total. The molecule has 2 aliphatic rings. The van der Waals surface area contributed by atoms with Crippen LogP contribution in [0.1, 0.15) is 12.8 Å². The van der Waals surface area contributed by atoms with Crippen molar-refractivity contribution in [3.05, 3.63) is 48.6 Å². The second-order valence-corrected chi connectivity index (χ2v) is 2.01. The minimum Gasteiger partial charge on any atom is -1.00 e. The Balaban J connectivity index is -0.000000125. The van der Waals surface area contributed by atoms with Crippen molar-refractivity contribution in [3.8, 4) is 0 Å². The van der Waals surface area contributed by atoms with E-state index in [9.17, 15) is 0 Å². The predicted octanol–water partition coefficient (Wildman–Crippen LogP) is -3.38. The van der Waals surface area contributed by atoms with Crippen LogP contribution in [0.2, 0.25) is 0 Å². The minimum atomic E-state index is 0. The zero-order valence-corrected chi connectivity index (χ0v) is 11.7. The molecule has 0 spiro atoms. The Labute approximate surface area is 113 Å². The molecular weight excluding hydrogens is 331 g/mol. The zero-order valence-electron chi connectivity index (χ0n) is 7.08. The quantitative estimate of drug-likeness (QED) is 0.404. The predicted molar refractivity (Wildman–Crippen MR) is 43.1 cm³/mol. The van der Waals surface area contributed by atoms with E-state index >= 15 is 0 Å². The van der Waals surface area contributed by atoms with Crippen molar-refractivity contribution in [2.75, 3.05) is 0 Å². The van der Waals surface area contributed by atoms with Gasteiger partial charge in [-0.25, -0.2) is 24.3 Å². The molecule has 69 valence electrons. The summed E-state index contributed by atoms with van der Waals surface area (Å²) in [6.45, 7) is 0. The first kappa shape index (κ1) is 19.1. The van der Waals surface area contributed by atoms with Crippen LogP contribution in [0.5, 0.6) is 0 Å². The van der Waals surface area contributed by atoms with Gasteiger partial charge in [-0.2, -0.15) is 12.2 Å². The van der Waals surface area contributed by atoms with Crippen molar-refractivity contribution in [3.63, 3.8) is 0 Å². The molecule has 0 saturated carbocycles. The summed E-state index contributed by atoms with van der Waals surface area (Å²) < 4.78 is 0. The Morgan fingerprint density at radius 1 is 0.769 bits per heavy atom. The third-order valence-corrected chi connectivity index (χ3v) is 1.17. The Kier molecular flexibility index (Phi) is 22.1. The van der Waals surface area contributed by atoms with Crippen molar-refractivity contribution in [2.24, 2.45) is 0 Å². The van der Waals surface area contributed by atoms with Gasteiger partial charge in [-0.3, -0.25) is 12.2 Å². The van der Waals surface area contributed by atoms with Crippen LogP contribution in [-0.4, -0.2) is 0 Å². The summed E-state index contributed by atoms with van der Waals surface area (Å²) >= 11 is 0. The molecule has 13 heavy (non-hydrogen) atoms. The molecule has 0 aromatic rings. The van der Waals surface area contributed by atoms with Crippen LogP contribution in [0.3, 0.4) is 0 Å². The standard InChI is InChI=1S/2C5H5.2BrH.V/c2*1-2-4-5-3-1;;;/h2*1-3H,4H2;2*1H;/q2*-1;;;+4/p-2. The van der Waals surface area contributed by atoms with Crippen molar-refractivity contribution < 1.29 is 52.5 Å². The van der Waals surface area contributed by atoms with Crippen LogP contribution in [0, 0.1) is 12.2 Å². The molecule has 0 amide bonds. The monoisotopic (exact) mass is 339 g/mol. The maximum atomic E-state index is 2.99. The first-order valence-corrected chi connectivity index (χ1v) is 3.43. The van der Waals surface area contributed by atoms with Crippen molar-refractivity contribution in [1.82, 2.24) is 0 Å². The Morgan fingerprint density at radius 2 is 1.15 bits per heavy atom. The maximum Gasteiger partial charge on any atom is 4.00 e. The topological polar surface area (TPSA) is 0 Å². The Morgan fingerprint density at radius 3 is 1.23 bits per heavy atom. The average molecular weight is 341 g/mol. The van der Waals surface area contributed by atoms with E-state index in [2.05, 4.69) is 24.3 Å². The van der Waals surface area contributed by atoms with E-state index in [1.165, 1.54) is 0 Å². The number of halogens is 2. The van der Waals surface area contributed by atoms with Gasteiger partial charge in [0, 0.05) is 0 Å². The van der Waals surface area contributed by atoms with Crippen molar-refractivity contribution >= 4 is 0 Å². The molecule has 0 nitrogen and oxygen atoms in total. The van der Waals surface area contributed by atoms with Crippen LogP contribution < -0.4 is 34.0 Å². The second-order valence-electron chi connectivity index (χ2n) is 2.01. The molecule has 0 fully saturated rings. The van der Waals surface area contributed by atoms with Gasteiger partial charge < -0.3 is 34.0 Å². The average Bonchev–Trinajstić information content (AvgIpc) is 2.67. The van der Waals surface area contributed by atoms with Gasteiger partial charge in [-0.1, -0.05) is 0 Å². The molecule has 0 aromatic heterocycles. The SMILES string of the molecule is [Br-].[Br-].[C-]1=CC=CC1.[C-]1=CC=CC1.[V+4]. The van der Waals surface area contributed by atoms with Gasteiger partial charge in [-0.05, 0) is 0 Å². The summed E-state index contributed by atoms with van der Waals surface area (Å²) in [6, 6.07) is 0. The molecule has 0 unspecified atom stereocenters. The zero-order chi connectivity index (χ0) is 7.07. The first-order valence-electron chi connectivity index (χ1n) is 3.43. The molecule has 1 radical (unpaired) electrons. The molecule has 0 heterocycles. The third kappa shape index (κ3) is 12.5. The summed E-state index contributed by atoms with van der Waals surface area (Å²) in [7, 11) is 0. The van der Waals surface area contributed by atoms with Crippen LogP contribution >= 0.6 is 0 Å². The molecule has 3 heteroatoms. The fraction of sp³-hybridized carbons (Fsp3) is 0.200. The maximum absolute atomic E-state index is 2.99. The van der Waals surface area contributed by atoms with Crippen LogP contribution in [0.25, 0.3) is 0 Å². The van der Waals surface area contributed by atoms with Gasteiger partial charge in [-0.15, -0.1) is 12.8 Å². The number of hydrogen-bond acceptors (Lipinski definition) is 0. The van der Waals surface area contributed by atoms with Gasteiger partial charge in [0.1, 0.15) is 0 Å². The molecule has 0 atom stereocenters. The summed E-state index contributed by atoms with van der Waals surface area (Å²) in [5, 5.41) is 0. The van der Waals surface area contributed by atoms with E-state index in [0.29, 0.717) is 0 Å². The van der Waals surface area contributed by atoms with E-state index in [-0.39, 0.29) is 52.5 Å². The van der Waals surface area contributed by atoms with E-state index in [0.717, 1.165) is 12.8 Å². The summed E-state index contributed by atoms with van der Waals surface area (Å²) in [5.41, 5.74) is 0. The number of hydrogen-bond donors (Lipinski definition) is 0. The smallest absolute Gasteiger partial charge is 1.00 e. The minimum absolute atomic E-state index is 0. The normalized spacial score (nSPS) is 13.5. The summed E-state index contributed by atoms with van der Waals surface area (Å²) in [5.74, 6) is 0.